The van der Waals surface area contributed by atoms with Crippen LogP contribution in [0.25, 0.3) is 0 Å². The molecular weight excluding hydrogens is 148 g/mol. The number of nitrogens with zero attached hydrogens (tertiary/aromatic N) is 2. The van der Waals surface area contributed by atoms with E-state index in [2.05, 4.69) is 37.7 Å². The Kier molecular flexibility index (Phi) is 5.60. The highest BCUT2D eigenvalue weighted by atomic mass is 14.9. The first kappa shape index (κ1) is 11.3. The summed E-state index contributed by atoms with van der Waals surface area (Å²) in [5, 5.41) is 0. The van der Waals surface area contributed by atoms with Gasteiger partial charge < -0.3 is 0 Å². The van der Waals surface area contributed by atoms with E-state index < -0.39 is 0 Å². The van der Waals surface area contributed by atoms with E-state index in [0.717, 1.165) is 0 Å². The van der Waals surface area contributed by atoms with Crippen LogP contribution in [0.1, 0.15) is 34.6 Å². The van der Waals surface area contributed by atoms with E-state index in [9.17, 15) is 0 Å². The second kappa shape index (κ2) is 5.92. The maximum Gasteiger partial charge on any atom is 0.109 e. The van der Waals surface area contributed by atoms with Gasteiger partial charge in [-0.1, -0.05) is 20.8 Å². The van der Waals surface area contributed by atoms with Crippen LogP contribution in [-0.2, 0) is 0 Å². The van der Waals surface area contributed by atoms with Gasteiger partial charge in [-0.05, 0) is 25.7 Å². The molecule has 0 aromatic heterocycles. The van der Waals surface area contributed by atoms with Crippen LogP contribution in [0.4, 0.5) is 0 Å². The van der Waals surface area contributed by atoms with Gasteiger partial charge in [-0.2, -0.15) is 0 Å². The molecule has 0 aliphatic heterocycles. The minimum absolute atomic E-state index is 0.369. The standard InChI is InChI=1S/C10H20N2/c1-6-11-7-12-10(5)9(4)8(2)3/h6-10H,1-5H3. The summed E-state index contributed by atoms with van der Waals surface area (Å²) >= 11 is 0. The first-order chi connectivity index (χ1) is 5.59. The Morgan fingerprint density at radius 2 is 1.67 bits per heavy atom. The Labute approximate surface area is 75.8 Å². The van der Waals surface area contributed by atoms with Crippen molar-refractivity contribution < 1.29 is 0 Å². The zero-order valence-electron chi connectivity index (χ0n) is 8.78. The van der Waals surface area contributed by atoms with E-state index in [1.807, 2.05) is 6.92 Å². The first-order valence-corrected chi connectivity index (χ1v) is 4.59. The van der Waals surface area contributed by atoms with Crippen LogP contribution >= 0.6 is 0 Å². The fourth-order valence-corrected chi connectivity index (χ4v) is 0.903. The highest BCUT2D eigenvalue weighted by Gasteiger charge is 2.13. The number of hydrogen-bond acceptors (Lipinski definition) is 1. The van der Waals surface area contributed by atoms with E-state index in [1.54, 1.807) is 12.6 Å². The third-order valence-corrected chi connectivity index (χ3v) is 2.33. The molecule has 0 aliphatic carbocycles. The topological polar surface area (TPSA) is 24.7 Å². The van der Waals surface area contributed by atoms with E-state index in [-0.39, 0.29) is 0 Å². The third kappa shape index (κ3) is 4.27. The second-order valence-corrected chi connectivity index (χ2v) is 3.52. The molecule has 0 saturated carbocycles. The maximum absolute atomic E-state index is 4.31. The fourth-order valence-electron chi connectivity index (χ4n) is 0.903. The maximum atomic E-state index is 4.31. The van der Waals surface area contributed by atoms with Crippen molar-refractivity contribution in [2.45, 2.75) is 40.7 Å². The first-order valence-electron chi connectivity index (χ1n) is 4.59. The summed E-state index contributed by atoms with van der Waals surface area (Å²) in [5.41, 5.74) is 0. The van der Waals surface area contributed by atoms with Crippen molar-refractivity contribution in [3.63, 3.8) is 0 Å². The molecule has 0 fully saturated rings. The van der Waals surface area contributed by atoms with Gasteiger partial charge in [0.2, 0.25) is 0 Å². The summed E-state index contributed by atoms with van der Waals surface area (Å²) < 4.78 is 0. The monoisotopic (exact) mass is 168 g/mol. The largest absolute Gasteiger partial charge is 0.270 e. The van der Waals surface area contributed by atoms with Gasteiger partial charge in [-0.3, -0.25) is 4.99 Å². The molecule has 2 nitrogen and oxygen atoms in total. The summed E-state index contributed by atoms with van der Waals surface area (Å²) in [7, 11) is 0. The van der Waals surface area contributed by atoms with Crippen LogP contribution in [0.2, 0.25) is 0 Å². The predicted molar refractivity (Wildman–Crippen MR) is 56.1 cm³/mol. The molecule has 0 aromatic rings. The van der Waals surface area contributed by atoms with Crippen molar-refractivity contribution in [2.24, 2.45) is 21.8 Å². The average Bonchev–Trinajstić information content (AvgIpc) is 2.03. The van der Waals surface area contributed by atoms with Crippen molar-refractivity contribution in [1.82, 2.24) is 0 Å². The SMILES string of the molecule is CC=NC=NC(C)C(C)C(C)C. The van der Waals surface area contributed by atoms with E-state index in [4.69, 9.17) is 0 Å². The van der Waals surface area contributed by atoms with Crippen LogP contribution in [0.5, 0.6) is 0 Å². The fraction of sp³-hybridized carbons (Fsp3) is 0.800. The smallest absolute Gasteiger partial charge is 0.109 e. The minimum atomic E-state index is 0.369. The van der Waals surface area contributed by atoms with Crippen LogP contribution in [0.3, 0.4) is 0 Å². The molecule has 0 amide bonds. The second-order valence-electron chi connectivity index (χ2n) is 3.52. The van der Waals surface area contributed by atoms with Gasteiger partial charge in [0.15, 0.2) is 0 Å². The molecule has 2 heteroatoms. The molecule has 0 aliphatic rings. The molecule has 0 bridgehead atoms. The molecule has 0 saturated heterocycles. The normalized spacial score (nSPS) is 17.8. The molecule has 0 spiro atoms. The predicted octanol–water partition coefficient (Wildman–Crippen LogP) is 2.79. The van der Waals surface area contributed by atoms with Crippen molar-refractivity contribution in [3.05, 3.63) is 0 Å². The van der Waals surface area contributed by atoms with E-state index in [0.29, 0.717) is 17.9 Å². The lowest BCUT2D eigenvalue weighted by Crippen LogP contribution is -2.17. The van der Waals surface area contributed by atoms with Crippen LogP contribution in [0, 0.1) is 11.8 Å². The minimum Gasteiger partial charge on any atom is -0.270 e. The summed E-state index contributed by atoms with van der Waals surface area (Å²) in [6.45, 7) is 10.7. The molecule has 0 heterocycles. The highest BCUT2D eigenvalue weighted by molar-refractivity contribution is 5.70. The molecule has 2 atom stereocenters. The van der Waals surface area contributed by atoms with Crippen LogP contribution in [-0.4, -0.2) is 18.6 Å². The zero-order valence-corrected chi connectivity index (χ0v) is 8.78. The zero-order chi connectivity index (χ0) is 9.56. The van der Waals surface area contributed by atoms with E-state index in [1.165, 1.54) is 0 Å². The molecule has 2 unspecified atom stereocenters. The van der Waals surface area contributed by atoms with Crippen molar-refractivity contribution >= 4 is 12.6 Å². The quantitative estimate of drug-likeness (QED) is 0.455. The highest BCUT2D eigenvalue weighted by Crippen LogP contribution is 2.16. The van der Waals surface area contributed by atoms with Crippen LogP contribution in [0.15, 0.2) is 9.98 Å². The van der Waals surface area contributed by atoms with Gasteiger partial charge >= 0.3 is 0 Å². The van der Waals surface area contributed by atoms with Crippen molar-refractivity contribution in [3.8, 4) is 0 Å². The lowest BCUT2D eigenvalue weighted by Gasteiger charge is -2.19. The Bertz CT molecular complexity index is 159. The molecule has 0 rings (SSSR count). The molecular formula is C10H20N2. The van der Waals surface area contributed by atoms with Gasteiger partial charge in [0.05, 0.1) is 6.04 Å². The summed E-state index contributed by atoms with van der Waals surface area (Å²) in [5.74, 6) is 1.30. The van der Waals surface area contributed by atoms with Crippen molar-refractivity contribution in [2.75, 3.05) is 0 Å². The number of hydrogen-bond donors (Lipinski definition) is 0. The molecule has 12 heavy (non-hydrogen) atoms. The van der Waals surface area contributed by atoms with Crippen LogP contribution < -0.4 is 0 Å². The Morgan fingerprint density at radius 1 is 1.08 bits per heavy atom. The van der Waals surface area contributed by atoms with Gasteiger partial charge in [0.1, 0.15) is 6.34 Å². The summed E-state index contributed by atoms with van der Waals surface area (Å²) in [6, 6.07) is 0.369. The third-order valence-electron chi connectivity index (χ3n) is 2.33. The number of rotatable bonds is 4. The molecule has 70 valence electrons. The van der Waals surface area contributed by atoms with Gasteiger partial charge in [0, 0.05) is 6.21 Å². The summed E-state index contributed by atoms with van der Waals surface area (Å²) in [6.07, 6.45) is 3.39. The average molecular weight is 168 g/mol. The molecule has 0 aromatic carbocycles. The summed E-state index contributed by atoms with van der Waals surface area (Å²) in [4.78, 5) is 8.25. The number of aliphatic imine (C=N–C) groups is 2. The van der Waals surface area contributed by atoms with Crippen molar-refractivity contribution in [1.29, 1.82) is 0 Å². The molecule has 0 N–H and O–H groups in total. The van der Waals surface area contributed by atoms with Gasteiger partial charge in [0.25, 0.3) is 0 Å². The Morgan fingerprint density at radius 3 is 2.08 bits per heavy atom. The lowest BCUT2D eigenvalue weighted by molar-refractivity contribution is 0.364. The van der Waals surface area contributed by atoms with Gasteiger partial charge in [-0.15, -0.1) is 0 Å². The van der Waals surface area contributed by atoms with Gasteiger partial charge in [-0.25, -0.2) is 4.99 Å². The molecule has 0 radical (unpaired) electrons. The Hall–Kier alpha value is -0.660. The lowest BCUT2D eigenvalue weighted by atomic mass is 9.92. The van der Waals surface area contributed by atoms with E-state index >= 15 is 0 Å². The Balaban J connectivity index is 3.93.